The number of pyridine rings is 1. The van der Waals surface area contributed by atoms with E-state index >= 15 is 0 Å². The van der Waals surface area contributed by atoms with E-state index in [1.54, 1.807) is 24.6 Å². The average Bonchev–Trinajstić information content (AvgIpc) is 3.13. The van der Waals surface area contributed by atoms with Crippen molar-refractivity contribution in [3.8, 4) is 11.3 Å². The quantitative estimate of drug-likeness (QED) is 0.529. The Morgan fingerprint density at radius 2 is 1.96 bits per heavy atom. The van der Waals surface area contributed by atoms with Crippen LogP contribution >= 0.6 is 22.9 Å². The first-order valence-corrected chi connectivity index (χ1v) is 9.50. The smallest absolute Gasteiger partial charge is 0.262 e. The molecule has 0 aliphatic rings. The second kappa shape index (κ2) is 7.18. The Bertz CT molecular complexity index is 1260. The summed E-state index contributed by atoms with van der Waals surface area (Å²) in [5, 5.41) is 5.57. The molecular formula is C20H13ClFN3O2S. The largest absolute Gasteiger partial charge is 0.347 e. The number of benzene rings is 2. The Balaban J connectivity index is 1.65. The van der Waals surface area contributed by atoms with Crippen LogP contribution in [0.25, 0.3) is 22.2 Å². The molecule has 0 saturated heterocycles. The van der Waals surface area contributed by atoms with Crippen molar-refractivity contribution in [2.24, 2.45) is 7.05 Å². The highest BCUT2D eigenvalue weighted by Gasteiger charge is 2.17. The van der Waals surface area contributed by atoms with Crippen molar-refractivity contribution in [2.45, 2.75) is 0 Å². The molecule has 0 unspecified atom stereocenters. The van der Waals surface area contributed by atoms with Gasteiger partial charge in [0.05, 0.1) is 11.2 Å². The number of fused-ring (bicyclic) bond motifs is 1. The van der Waals surface area contributed by atoms with Crippen molar-refractivity contribution in [3.05, 3.63) is 80.7 Å². The fraction of sp³-hybridized carbons (Fsp3) is 0.0500. The minimum Gasteiger partial charge on any atom is -0.347 e. The van der Waals surface area contributed by atoms with E-state index in [0.717, 1.165) is 5.56 Å². The van der Waals surface area contributed by atoms with Crippen LogP contribution in [-0.4, -0.2) is 15.5 Å². The molecule has 0 atom stereocenters. The van der Waals surface area contributed by atoms with E-state index < -0.39 is 17.2 Å². The van der Waals surface area contributed by atoms with Crippen LogP contribution in [0.3, 0.4) is 0 Å². The monoisotopic (exact) mass is 413 g/mol. The van der Waals surface area contributed by atoms with Crippen molar-refractivity contribution in [3.63, 3.8) is 0 Å². The molecule has 2 aromatic carbocycles. The number of rotatable bonds is 3. The molecule has 0 fully saturated rings. The molecule has 1 N–H and O–H groups in total. The van der Waals surface area contributed by atoms with Crippen LogP contribution in [0.15, 0.2) is 58.8 Å². The first-order valence-electron chi connectivity index (χ1n) is 8.25. The number of hydrogen-bond acceptors (Lipinski definition) is 4. The number of para-hydroxylation sites is 1. The lowest BCUT2D eigenvalue weighted by Gasteiger charge is -2.09. The molecule has 0 radical (unpaired) electrons. The molecule has 0 aliphatic carbocycles. The lowest BCUT2D eigenvalue weighted by atomic mass is 10.1. The molecule has 2 aromatic heterocycles. The average molecular weight is 414 g/mol. The van der Waals surface area contributed by atoms with Crippen LogP contribution < -0.4 is 10.7 Å². The van der Waals surface area contributed by atoms with Gasteiger partial charge in [-0.05, 0) is 24.3 Å². The maximum Gasteiger partial charge on any atom is 0.262 e. The molecule has 0 saturated carbocycles. The van der Waals surface area contributed by atoms with Gasteiger partial charge in [-0.1, -0.05) is 29.8 Å². The zero-order valence-corrected chi connectivity index (χ0v) is 16.1. The minimum absolute atomic E-state index is 0.0798. The number of nitrogens with zero attached hydrogens (tertiary/aromatic N) is 2. The van der Waals surface area contributed by atoms with Crippen molar-refractivity contribution >= 4 is 44.9 Å². The summed E-state index contributed by atoms with van der Waals surface area (Å²) in [6, 6.07) is 11.4. The molecule has 1 amide bonds. The second-order valence-corrected chi connectivity index (χ2v) is 7.41. The van der Waals surface area contributed by atoms with Gasteiger partial charge >= 0.3 is 0 Å². The van der Waals surface area contributed by atoms with Crippen molar-refractivity contribution in [2.75, 3.05) is 5.32 Å². The topological polar surface area (TPSA) is 64.0 Å². The number of thiazole rings is 1. The summed E-state index contributed by atoms with van der Waals surface area (Å²) in [6.45, 7) is 0. The Morgan fingerprint density at radius 3 is 2.71 bits per heavy atom. The lowest BCUT2D eigenvalue weighted by Crippen LogP contribution is -2.23. The van der Waals surface area contributed by atoms with E-state index in [0.29, 0.717) is 15.8 Å². The molecule has 28 heavy (non-hydrogen) atoms. The van der Waals surface area contributed by atoms with Gasteiger partial charge in [-0.2, -0.15) is 0 Å². The fourth-order valence-electron chi connectivity index (χ4n) is 2.93. The number of carbonyl (C=O) groups is 1. The summed E-state index contributed by atoms with van der Waals surface area (Å²) >= 11 is 7.13. The van der Waals surface area contributed by atoms with Crippen molar-refractivity contribution in [1.29, 1.82) is 0 Å². The molecular weight excluding hydrogens is 401 g/mol. The minimum atomic E-state index is -0.594. The third kappa shape index (κ3) is 3.30. The molecule has 0 spiro atoms. The van der Waals surface area contributed by atoms with Crippen LogP contribution in [0.4, 0.5) is 9.52 Å². The number of nitrogens with one attached hydrogen (secondary N) is 1. The lowest BCUT2D eigenvalue weighted by molar-refractivity contribution is 0.102. The van der Waals surface area contributed by atoms with Gasteiger partial charge < -0.3 is 4.57 Å². The molecule has 0 bridgehead atoms. The first kappa shape index (κ1) is 18.3. The highest BCUT2D eigenvalue weighted by atomic mass is 35.5. The molecule has 2 heterocycles. The normalized spacial score (nSPS) is 11.0. The van der Waals surface area contributed by atoms with E-state index in [2.05, 4.69) is 10.3 Å². The summed E-state index contributed by atoms with van der Waals surface area (Å²) in [6.07, 6.45) is 1.33. The molecule has 140 valence electrons. The molecule has 8 heteroatoms. The van der Waals surface area contributed by atoms with Crippen LogP contribution in [0.5, 0.6) is 0 Å². The Labute approximate surface area is 168 Å². The standard InChI is InChI=1S/C20H13ClFN3O2S/c1-25-9-14(18(26)13-3-2-4-15(22)17(13)25)19(27)24-20-23-16(10-28-20)11-5-7-12(21)8-6-11/h2-10H,1H3,(H,23,24,27). The van der Waals surface area contributed by atoms with Gasteiger partial charge in [-0.15, -0.1) is 11.3 Å². The summed E-state index contributed by atoms with van der Waals surface area (Å²) in [5.41, 5.74) is 1.09. The van der Waals surface area contributed by atoms with Crippen LogP contribution in [-0.2, 0) is 7.05 Å². The first-order chi connectivity index (χ1) is 13.4. The summed E-state index contributed by atoms with van der Waals surface area (Å²) in [4.78, 5) is 29.7. The zero-order chi connectivity index (χ0) is 19.8. The van der Waals surface area contributed by atoms with Gasteiger partial charge in [0.25, 0.3) is 5.91 Å². The molecule has 5 nitrogen and oxygen atoms in total. The second-order valence-electron chi connectivity index (χ2n) is 6.12. The third-order valence-corrected chi connectivity index (χ3v) is 5.27. The van der Waals surface area contributed by atoms with Gasteiger partial charge in [0.1, 0.15) is 11.4 Å². The van der Waals surface area contributed by atoms with Gasteiger partial charge in [0.15, 0.2) is 5.13 Å². The van der Waals surface area contributed by atoms with Gasteiger partial charge in [-0.3, -0.25) is 14.9 Å². The maximum absolute atomic E-state index is 14.0. The van der Waals surface area contributed by atoms with Gasteiger partial charge in [-0.25, -0.2) is 9.37 Å². The van der Waals surface area contributed by atoms with E-state index in [1.165, 1.54) is 40.3 Å². The third-order valence-electron chi connectivity index (χ3n) is 4.26. The number of amides is 1. The number of carbonyl (C=O) groups excluding carboxylic acids is 1. The van der Waals surface area contributed by atoms with Gasteiger partial charge in [0, 0.05) is 34.6 Å². The van der Waals surface area contributed by atoms with E-state index in [4.69, 9.17) is 11.6 Å². The maximum atomic E-state index is 14.0. The van der Waals surface area contributed by atoms with Crippen LogP contribution in [0.1, 0.15) is 10.4 Å². The fourth-order valence-corrected chi connectivity index (χ4v) is 3.77. The zero-order valence-electron chi connectivity index (χ0n) is 14.6. The summed E-state index contributed by atoms with van der Waals surface area (Å²) in [5.74, 6) is -1.11. The Morgan fingerprint density at radius 1 is 1.21 bits per heavy atom. The molecule has 0 aliphatic heterocycles. The number of anilines is 1. The Kier molecular flexibility index (Phi) is 4.70. The van der Waals surface area contributed by atoms with Gasteiger partial charge in [0.2, 0.25) is 5.43 Å². The van der Waals surface area contributed by atoms with E-state index in [9.17, 15) is 14.0 Å². The Hall–Kier alpha value is -3.03. The van der Waals surface area contributed by atoms with E-state index in [-0.39, 0.29) is 16.5 Å². The predicted molar refractivity (Wildman–Crippen MR) is 110 cm³/mol. The van der Waals surface area contributed by atoms with Crippen LogP contribution in [0.2, 0.25) is 5.02 Å². The van der Waals surface area contributed by atoms with E-state index in [1.807, 2.05) is 12.1 Å². The summed E-state index contributed by atoms with van der Waals surface area (Å²) < 4.78 is 15.5. The number of aryl methyl sites for hydroxylation is 1. The highest BCUT2D eigenvalue weighted by molar-refractivity contribution is 7.14. The predicted octanol–water partition coefficient (Wildman–Crippen LogP) is 4.71. The SMILES string of the molecule is Cn1cc(C(=O)Nc2nc(-c3ccc(Cl)cc3)cs2)c(=O)c2cccc(F)c21. The number of hydrogen-bond donors (Lipinski definition) is 1. The van der Waals surface area contributed by atoms with Crippen molar-refractivity contribution in [1.82, 2.24) is 9.55 Å². The summed E-state index contributed by atoms with van der Waals surface area (Å²) in [7, 11) is 1.59. The van der Waals surface area contributed by atoms with Crippen LogP contribution in [0, 0.1) is 5.82 Å². The number of halogens is 2. The van der Waals surface area contributed by atoms with Crippen molar-refractivity contribution < 1.29 is 9.18 Å². The highest BCUT2D eigenvalue weighted by Crippen LogP contribution is 2.26. The molecule has 4 rings (SSSR count). The molecule has 4 aromatic rings. The number of aromatic nitrogens is 2.